The van der Waals surface area contributed by atoms with Gasteiger partial charge in [0.05, 0.1) is 18.5 Å². The Kier molecular flexibility index (Phi) is 5.28. The van der Waals surface area contributed by atoms with Crippen molar-refractivity contribution in [1.82, 2.24) is 9.80 Å². The van der Waals surface area contributed by atoms with Gasteiger partial charge in [0.2, 0.25) is 0 Å². The van der Waals surface area contributed by atoms with E-state index in [2.05, 4.69) is 10.2 Å². The van der Waals surface area contributed by atoms with E-state index in [1.54, 1.807) is 6.26 Å². The van der Waals surface area contributed by atoms with Crippen LogP contribution in [0.25, 0.3) is 0 Å². The minimum absolute atomic E-state index is 0.374. The molecule has 1 fully saturated rings. The smallest absolute Gasteiger partial charge is 0.321 e. The third-order valence-corrected chi connectivity index (χ3v) is 4.11. The molecule has 1 saturated heterocycles. The largest absolute Gasteiger partial charge is 0.468 e. The quantitative estimate of drug-likeness (QED) is 0.860. The molecule has 0 bridgehead atoms. The first-order valence-electron chi connectivity index (χ1n) is 7.99. The molecule has 0 aliphatic carbocycles. The van der Waals surface area contributed by atoms with Gasteiger partial charge in [-0.2, -0.15) is 0 Å². The van der Waals surface area contributed by atoms with Gasteiger partial charge in [-0.3, -0.25) is 4.90 Å². The van der Waals surface area contributed by atoms with Gasteiger partial charge in [-0.25, -0.2) is 18.0 Å². The minimum Gasteiger partial charge on any atom is -0.468 e. The predicted molar refractivity (Wildman–Crippen MR) is 85.5 cm³/mol. The molecule has 1 aliphatic heterocycles. The molecule has 8 heteroatoms. The van der Waals surface area contributed by atoms with Crippen LogP contribution in [0.1, 0.15) is 12.2 Å². The third-order valence-electron chi connectivity index (χ3n) is 4.11. The number of anilines is 1. The van der Waals surface area contributed by atoms with Gasteiger partial charge in [0, 0.05) is 26.2 Å². The molecule has 0 spiro atoms. The highest BCUT2D eigenvalue weighted by atomic mass is 19.2. The molecule has 2 amide bonds. The third kappa shape index (κ3) is 4.14. The van der Waals surface area contributed by atoms with Crippen molar-refractivity contribution in [2.45, 2.75) is 13.0 Å². The lowest BCUT2D eigenvalue weighted by molar-refractivity contribution is 0.209. The van der Waals surface area contributed by atoms with Crippen molar-refractivity contribution in [3.05, 3.63) is 53.7 Å². The number of nitrogens with one attached hydrogen (secondary N) is 1. The summed E-state index contributed by atoms with van der Waals surface area (Å²) in [4.78, 5) is 16.0. The summed E-state index contributed by atoms with van der Waals surface area (Å²) in [5, 5.41) is 2.30. The highest BCUT2D eigenvalue weighted by Crippen LogP contribution is 2.20. The number of halogens is 3. The van der Waals surface area contributed by atoms with Gasteiger partial charge in [0.1, 0.15) is 5.76 Å². The first-order valence-corrected chi connectivity index (χ1v) is 7.99. The average Bonchev–Trinajstić information content (AvgIpc) is 2.99. The average molecular weight is 353 g/mol. The number of rotatable bonds is 3. The first-order chi connectivity index (χ1) is 12.0. The van der Waals surface area contributed by atoms with Gasteiger partial charge in [0.15, 0.2) is 17.5 Å². The van der Waals surface area contributed by atoms with E-state index in [-0.39, 0.29) is 5.69 Å². The Morgan fingerprint density at radius 3 is 2.68 bits per heavy atom. The number of hydrogen-bond acceptors (Lipinski definition) is 3. The predicted octanol–water partition coefficient (Wildman–Crippen LogP) is 3.44. The Morgan fingerprint density at radius 2 is 1.92 bits per heavy atom. The van der Waals surface area contributed by atoms with E-state index in [1.807, 2.05) is 12.1 Å². The number of hydrogen-bond donors (Lipinski definition) is 1. The van der Waals surface area contributed by atoms with E-state index in [4.69, 9.17) is 4.42 Å². The van der Waals surface area contributed by atoms with Gasteiger partial charge < -0.3 is 14.6 Å². The van der Waals surface area contributed by atoms with Gasteiger partial charge in [-0.15, -0.1) is 0 Å². The molecule has 1 N–H and O–H groups in total. The zero-order valence-electron chi connectivity index (χ0n) is 13.5. The molecule has 0 saturated carbocycles. The van der Waals surface area contributed by atoms with E-state index in [9.17, 15) is 18.0 Å². The number of urea groups is 1. The molecule has 2 heterocycles. The van der Waals surface area contributed by atoms with Crippen molar-refractivity contribution in [3.63, 3.8) is 0 Å². The Labute approximate surface area is 143 Å². The van der Waals surface area contributed by atoms with Crippen molar-refractivity contribution in [2.75, 3.05) is 31.5 Å². The van der Waals surface area contributed by atoms with Crippen LogP contribution in [0.3, 0.4) is 0 Å². The number of nitrogens with zero attached hydrogens (tertiary/aromatic N) is 2. The maximum atomic E-state index is 13.7. The lowest BCUT2D eigenvalue weighted by Crippen LogP contribution is -2.38. The Morgan fingerprint density at radius 1 is 1.08 bits per heavy atom. The van der Waals surface area contributed by atoms with Gasteiger partial charge >= 0.3 is 6.03 Å². The van der Waals surface area contributed by atoms with Gasteiger partial charge in [-0.05, 0) is 30.7 Å². The van der Waals surface area contributed by atoms with Crippen molar-refractivity contribution in [1.29, 1.82) is 0 Å². The summed E-state index contributed by atoms with van der Waals surface area (Å²) in [6.45, 7) is 3.02. The molecule has 134 valence electrons. The molecule has 0 radical (unpaired) electrons. The van der Waals surface area contributed by atoms with Crippen LogP contribution in [-0.4, -0.2) is 42.0 Å². The molecule has 25 heavy (non-hydrogen) atoms. The fourth-order valence-corrected chi connectivity index (χ4v) is 2.77. The zero-order valence-corrected chi connectivity index (χ0v) is 13.5. The number of carbonyl (C=O) groups is 1. The first kappa shape index (κ1) is 17.3. The molecule has 1 aromatic carbocycles. The van der Waals surface area contributed by atoms with Gasteiger partial charge in [-0.1, -0.05) is 0 Å². The molecule has 0 atom stereocenters. The summed E-state index contributed by atoms with van der Waals surface area (Å²) in [5.41, 5.74) is -0.374. The van der Waals surface area contributed by atoms with E-state index in [0.29, 0.717) is 26.2 Å². The number of benzene rings is 1. The van der Waals surface area contributed by atoms with Crippen LogP contribution in [0.15, 0.2) is 34.9 Å². The van der Waals surface area contributed by atoms with E-state index in [0.717, 1.165) is 30.9 Å². The van der Waals surface area contributed by atoms with Crippen LogP contribution >= 0.6 is 0 Å². The lowest BCUT2D eigenvalue weighted by atomic mass is 10.3. The van der Waals surface area contributed by atoms with Crippen molar-refractivity contribution in [3.8, 4) is 0 Å². The minimum atomic E-state index is -1.60. The fraction of sp³-hybridized carbons (Fsp3) is 0.353. The highest BCUT2D eigenvalue weighted by molar-refractivity contribution is 5.89. The summed E-state index contributed by atoms with van der Waals surface area (Å²) in [6.07, 6.45) is 2.36. The van der Waals surface area contributed by atoms with Crippen molar-refractivity contribution in [2.24, 2.45) is 0 Å². The molecule has 2 aromatic rings. The SMILES string of the molecule is O=C(Nc1ccc(F)c(F)c1F)N1CCCN(Cc2ccco2)CC1. The maximum absolute atomic E-state index is 13.7. The van der Waals surface area contributed by atoms with E-state index in [1.165, 1.54) is 4.90 Å². The van der Waals surface area contributed by atoms with Crippen LogP contribution in [0.2, 0.25) is 0 Å². The topological polar surface area (TPSA) is 48.7 Å². The monoisotopic (exact) mass is 353 g/mol. The molecule has 5 nitrogen and oxygen atoms in total. The van der Waals surface area contributed by atoms with Crippen LogP contribution in [0.4, 0.5) is 23.7 Å². The second-order valence-electron chi connectivity index (χ2n) is 5.85. The standard InChI is InChI=1S/C17H18F3N3O2/c18-13-4-5-14(16(20)15(13)19)21-17(24)23-7-2-6-22(8-9-23)11-12-3-1-10-25-12/h1,3-5,10H,2,6-9,11H2,(H,21,24). The summed E-state index contributed by atoms with van der Waals surface area (Å²) in [7, 11) is 0. The summed E-state index contributed by atoms with van der Waals surface area (Å²) >= 11 is 0. The number of furan rings is 1. The normalized spacial score (nSPS) is 15.9. The Hall–Kier alpha value is -2.48. The zero-order chi connectivity index (χ0) is 17.8. The van der Waals surface area contributed by atoms with Crippen LogP contribution in [0.5, 0.6) is 0 Å². The second kappa shape index (κ2) is 7.60. The molecule has 3 rings (SSSR count). The summed E-state index contributed by atoms with van der Waals surface area (Å²) < 4.78 is 45.2. The molecule has 1 aliphatic rings. The Balaban J connectivity index is 1.59. The Bertz CT molecular complexity index is 737. The molecule has 1 aromatic heterocycles. The molecular weight excluding hydrogens is 335 g/mol. The van der Waals surface area contributed by atoms with Crippen molar-refractivity contribution < 1.29 is 22.4 Å². The highest BCUT2D eigenvalue weighted by Gasteiger charge is 2.22. The second-order valence-corrected chi connectivity index (χ2v) is 5.85. The lowest BCUT2D eigenvalue weighted by Gasteiger charge is -2.22. The summed E-state index contributed by atoms with van der Waals surface area (Å²) in [6, 6.07) is 4.96. The summed E-state index contributed by atoms with van der Waals surface area (Å²) in [5.74, 6) is -3.44. The molecule has 0 unspecified atom stereocenters. The maximum Gasteiger partial charge on any atom is 0.321 e. The number of amides is 2. The fourth-order valence-electron chi connectivity index (χ4n) is 2.77. The van der Waals surface area contributed by atoms with Crippen LogP contribution < -0.4 is 5.32 Å². The van der Waals surface area contributed by atoms with E-state index < -0.39 is 23.5 Å². The molecular formula is C17H18F3N3O2. The van der Waals surface area contributed by atoms with Crippen LogP contribution in [0, 0.1) is 17.5 Å². The van der Waals surface area contributed by atoms with E-state index >= 15 is 0 Å². The van der Waals surface area contributed by atoms with Crippen molar-refractivity contribution >= 4 is 11.7 Å². The van der Waals surface area contributed by atoms with Crippen LogP contribution in [-0.2, 0) is 6.54 Å². The number of carbonyl (C=O) groups excluding carboxylic acids is 1. The van der Waals surface area contributed by atoms with Gasteiger partial charge in [0.25, 0.3) is 0 Å².